The minimum absolute atomic E-state index is 0.0129. The van der Waals surface area contributed by atoms with Gasteiger partial charge in [0.1, 0.15) is 6.61 Å². The highest BCUT2D eigenvalue weighted by atomic mass is 31.2. The summed E-state index contributed by atoms with van der Waals surface area (Å²) >= 11 is 0. The average molecular weight is 641 g/mol. The van der Waals surface area contributed by atoms with E-state index in [-0.39, 0.29) is 26.1 Å². The van der Waals surface area contributed by atoms with E-state index >= 15 is 0 Å². The number of rotatable bonds is 30. The van der Waals surface area contributed by atoms with Gasteiger partial charge in [-0.25, -0.2) is 4.57 Å². The Kier molecular flexibility index (Phi) is 29.6. The van der Waals surface area contributed by atoms with Gasteiger partial charge >= 0.3 is 19.8 Å². The number of unbranched alkanes of at least 4 members (excludes halogenated alkanes) is 10. The van der Waals surface area contributed by atoms with Crippen molar-refractivity contribution < 1.29 is 37.6 Å². The summed E-state index contributed by atoms with van der Waals surface area (Å²) in [5.74, 6) is -0.898. The van der Waals surface area contributed by atoms with Crippen molar-refractivity contribution in [3.63, 3.8) is 0 Å². The van der Waals surface area contributed by atoms with E-state index in [9.17, 15) is 19.0 Å². The molecule has 0 aromatic carbocycles. The summed E-state index contributed by atoms with van der Waals surface area (Å²) in [5, 5.41) is 0. The Hall–Kier alpha value is -1.99. The van der Waals surface area contributed by atoms with Crippen LogP contribution in [0.1, 0.15) is 136 Å². The van der Waals surface area contributed by atoms with Crippen molar-refractivity contribution in [1.82, 2.24) is 0 Å². The minimum atomic E-state index is -4.29. The topological polar surface area (TPSA) is 108 Å². The van der Waals surface area contributed by atoms with Gasteiger partial charge in [-0.2, -0.15) is 0 Å². The molecule has 0 aliphatic heterocycles. The first kappa shape index (κ1) is 42.0. The lowest BCUT2D eigenvalue weighted by atomic mass is 10.1. The molecule has 0 saturated heterocycles. The Labute approximate surface area is 268 Å². The maximum Gasteiger partial charge on any atom is 0.472 e. The van der Waals surface area contributed by atoms with Gasteiger partial charge in [-0.15, -0.1) is 0 Å². The fourth-order valence-corrected chi connectivity index (χ4v) is 4.98. The zero-order valence-corrected chi connectivity index (χ0v) is 28.7. The zero-order chi connectivity index (χ0) is 32.6. The molecule has 9 heteroatoms. The van der Waals surface area contributed by atoms with Crippen LogP contribution in [0.15, 0.2) is 48.6 Å². The lowest BCUT2D eigenvalue weighted by Gasteiger charge is -2.19. The summed E-state index contributed by atoms with van der Waals surface area (Å²) < 4.78 is 32.3. The van der Waals surface area contributed by atoms with E-state index in [0.717, 1.165) is 44.9 Å². The van der Waals surface area contributed by atoms with Crippen molar-refractivity contribution in [3.05, 3.63) is 48.6 Å². The summed E-state index contributed by atoms with van der Waals surface area (Å²) in [6.07, 6.45) is 33.3. The standard InChI is InChI=1S/C35H61O8P/c1-4-7-9-11-13-15-17-18-20-22-24-26-28-30-35(37)43-33(32-42-44(38,39)41-6-3)31-40-34(36)29-27-25-23-21-19-16-14-12-10-8-5-2/h7,9,13,15,18,20,24,26,33H,4-6,8,10-12,14,16-17,19,21-23,25,27-32H2,1-3H3,(H,38,39)/b9-7-,15-13-,20-18-,26-24-. The highest BCUT2D eigenvalue weighted by Crippen LogP contribution is 2.43. The number of carbonyl (C=O) groups excluding carboxylic acids is 2. The second kappa shape index (κ2) is 31.0. The van der Waals surface area contributed by atoms with Gasteiger partial charge in [0.05, 0.1) is 13.2 Å². The largest absolute Gasteiger partial charge is 0.472 e. The van der Waals surface area contributed by atoms with Gasteiger partial charge in [-0.05, 0) is 45.4 Å². The third-order valence-electron chi connectivity index (χ3n) is 6.66. The summed E-state index contributed by atoms with van der Waals surface area (Å²) in [5.41, 5.74) is 0. The molecule has 0 saturated carbocycles. The number of carbonyl (C=O) groups is 2. The monoisotopic (exact) mass is 640 g/mol. The molecule has 44 heavy (non-hydrogen) atoms. The molecule has 0 aliphatic carbocycles. The minimum Gasteiger partial charge on any atom is -0.462 e. The first-order chi connectivity index (χ1) is 21.3. The maximum absolute atomic E-state index is 12.4. The number of phosphoric ester groups is 1. The van der Waals surface area contributed by atoms with Crippen molar-refractivity contribution in [2.24, 2.45) is 0 Å². The number of hydrogen-bond donors (Lipinski definition) is 1. The van der Waals surface area contributed by atoms with E-state index < -0.39 is 32.5 Å². The molecular formula is C35H61O8P. The number of phosphoric acid groups is 1. The third-order valence-corrected chi connectivity index (χ3v) is 7.72. The zero-order valence-electron chi connectivity index (χ0n) is 27.8. The fraction of sp³-hybridized carbons (Fsp3) is 0.714. The first-order valence-corrected chi connectivity index (χ1v) is 18.4. The highest BCUT2D eigenvalue weighted by Gasteiger charge is 2.25. The van der Waals surface area contributed by atoms with Gasteiger partial charge in [0.2, 0.25) is 0 Å². The number of ether oxygens (including phenoxy) is 2. The molecule has 1 N–H and O–H groups in total. The lowest BCUT2D eigenvalue weighted by Crippen LogP contribution is -2.29. The Bertz CT molecular complexity index is 865. The molecule has 2 atom stereocenters. The predicted molar refractivity (Wildman–Crippen MR) is 179 cm³/mol. The second-order valence-electron chi connectivity index (χ2n) is 10.8. The fourth-order valence-electron chi connectivity index (χ4n) is 4.23. The Morgan fingerprint density at radius 2 is 1.16 bits per heavy atom. The molecule has 0 radical (unpaired) electrons. The molecule has 0 heterocycles. The van der Waals surface area contributed by atoms with E-state index in [1.165, 1.54) is 51.4 Å². The molecular weight excluding hydrogens is 579 g/mol. The molecule has 0 bridgehead atoms. The Morgan fingerprint density at radius 3 is 1.70 bits per heavy atom. The predicted octanol–water partition coefficient (Wildman–Crippen LogP) is 9.88. The Balaban J connectivity index is 4.35. The highest BCUT2D eigenvalue weighted by molar-refractivity contribution is 7.47. The second-order valence-corrected chi connectivity index (χ2v) is 12.3. The first-order valence-electron chi connectivity index (χ1n) is 16.9. The molecule has 254 valence electrons. The van der Waals surface area contributed by atoms with Gasteiger partial charge < -0.3 is 14.4 Å². The Morgan fingerprint density at radius 1 is 0.636 bits per heavy atom. The van der Waals surface area contributed by atoms with Crippen LogP contribution in [-0.2, 0) is 32.7 Å². The molecule has 0 aromatic rings. The molecule has 0 amide bonds. The number of hydrogen-bond acceptors (Lipinski definition) is 7. The summed E-state index contributed by atoms with van der Waals surface area (Å²) in [4.78, 5) is 34.4. The van der Waals surface area contributed by atoms with Gasteiger partial charge in [0.15, 0.2) is 6.10 Å². The van der Waals surface area contributed by atoms with Gasteiger partial charge in [0.25, 0.3) is 0 Å². The molecule has 0 aromatic heterocycles. The molecule has 0 fully saturated rings. The summed E-state index contributed by atoms with van der Waals surface area (Å²) in [6.45, 7) is 5.23. The van der Waals surface area contributed by atoms with Gasteiger partial charge in [-0.1, -0.05) is 127 Å². The van der Waals surface area contributed by atoms with Crippen LogP contribution in [0.3, 0.4) is 0 Å². The summed E-state index contributed by atoms with van der Waals surface area (Å²) in [7, 11) is -4.29. The molecule has 8 nitrogen and oxygen atoms in total. The van der Waals surface area contributed by atoms with E-state index in [4.69, 9.17) is 18.5 Å². The molecule has 2 unspecified atom stereocenters. The van der Waals surface area contributed by atoms with Crippen LogP contribution < -0.4 is 0 Å². The van der Waals surface area contributed by atoms with Crippen LogP contribution in [0.2, 0.25) is 0 Å². The van der Waals surface area contributed by atoms with E-state index in [1.807, 2.05) is 12.2 Å². The van der Waals surface area contributed by atoms with Crippen LogP contribution >= 0.6 is 7.82 Å². The number of esters is 2. The summed E-state index contributed by atoms with van der Waals surface area (Å²) in [6, 6.07) is 0. The SMILES string of the molecule is CC/C=C\C/C=C\C/C=C\C/C=C\CCC(=O)OC(COC(=O)CCCCCCCCCCCCC)COP(=O)(O)OCC. The third kappa shape index (κ3) is 30.1. The van der Waals surface area contributed by atoms with Crippen molar-refractivity contribution in [2.45, 2.75) is 142 Å². The van der Waals surface area contributed by atoms with E-state index in [0.29, 0.717) is 6.42 Å². The van der Waals surface area contributed by atoms with Crippen LogP contribution in [0.5, 0.6) is 0 Å². The normalized spacial score (nSPS) is 14.2. The molecule has 0 rings (SSSR count). The van der Waals surface area contributed by atoms with Gasteiger partial charge in [0, 0.05) is 12.8 Å². The van der Waals surface area contributed by atoms with Crippen LogP contribution in [-0.4, -0.2) is 42.8 Å². The van der Waals surface area contributed by atoms with Crippen LogP contribution in [0.25, 0.3) is 0 Å². The lowest BCUT2D eigenvalue weighted by molar-refractivity contribution is -0.161. The number of allylic oxidation sites excluding steroid dienone is 8. The molecule has 0 spiro atoms. The quantitative estimate of drug-likeness (QED) is 0.0358. The van der Waals surface area contributed by atoms with Crippen molar-refractivity contribution in [3.8, 4) is 0 Å². The average Bonchev–Trinajstić information content (AvgIpc) is 2.99. The molecule has 0 aliphatic rings. The van der Waals surface area contributed by atoms with Crippen LogP contribution in [0, 0.1) is 0 Å². The smallest absolute Gasteiger partial charge is 0.462 e. The van der Waals surface area contributed by atoms with Crippen molar-refractivity contribution in [1.29, 1.82) is 0 Å². The van der Waals surface area contributed by atoms with E-state index in [2.05, 4.69) is 50.3 Å². The van der Waals surface area contributed by atoms with Crippen molar-refractivity contribution >= 4 is 19.8 Å². The maximum atomic E-state index is 12.4. The van der Waals surface area contributed by atoms with Gasteiger partial charge in [-0.3, -0.25) is 18.6 Å². The van der Waals surface area contributed by atoms with Crippen LogP contribution in [0.4, 0.5) is 0 Å². The van der Waals surface area contributed by atoms with E-state index in [1.54, 1.807) is 6.92 Å². The van der Waals surface area contributed by atoms with Crippen molar-refractivity contribution in [2.75, 3.05) is 19.8 Å².